The van der Waals surface area contributed by atoms with Gasteiger partial charge in [-0.1, -0.05) is 41.9 Å². The van der Waals surface area contributed by atoms with Crippen LogP contribution in [0.2, 0.25) is 5.02 Å². The Morgan fingerprint density at radius 3 is 2.20 bits per heavy atom. The third kappa shape index (κ3) is 8.73. The maximum absolute atomic E-state index is 13.8. The molecule has 3 aliphatic heterocycles. The first-order valence-corrected chi connectivity index (χ1v) is 17.1. The number of pyridine rings is 1. The molecule has 3 saturated heterocycles. The average Bonchev–Trinajstić information content (AvgIpc) is 3.66. The Balaban J connectivity index is 0.000000630. The molecular formula is C36H41ClF3N5O5. The number of carboxylic acid groups (broad SMARTS) is 1. The molecule has 50 heavy (non-hydrogen) atoms. The van der Waals surface area contributed by atoms with Crippen molar-refractivity contribution < 1.29 is 37.5 Å². The second-order valence-corrected chi connectivity index (χ2v) is 13.6. The standard InChI is InChI=1S/C34H40ClN5O3.C2HF3O2/c1-23-8-9-29(18-31(23)35)40(33(42)26-11-16-38(17-12-26)24(2)41)15-5-14-37-19-27-21-39(22-28(27)20-37)34(43)32-30-7-4-3-6-25(30)10-13-36-32;3-2(4,5)1(6)7/h3-4,6-10,13,18,26-28H,5,11-12,14-17,19-22H2,1-2H3;(H,6,7). The Morgan fingerprint density at radius 1 is 0.960 bits per heavy atom. The lowest BCUT2D eigenvalue weighted by molar-refractivity contribution is -0.192. The monoisotopic (exact) mass is 715 g/mol. The van der Waals surface area contributed by atoms with Gasteiger partial charge in [0.15, 0.2) is 0 Å². The highest BCUT2D eigenvalue weighted by Gasteiger charge is 2.42. The molecule has 0 radical (unpaired) electrons. The molecule has 0 bridgehead atoms. The normalized spacial score (nSPS) is 19.6. The van der Waals surface area contributed by atoms with Crippen molar-refractivity contribution in [3.8, 4) is 0 Å². The molecule has 10 nitrogen and oxygen atoms in total. The Labute approximate surface area is 293 Å². The van der Waals surface area contributed by atoms with Gasteiger partial charge >= 0.3 is 12.1 Å². The molecule has 2 atom stereocenters. The van der Waals surface area contributed by atoms with Crippen LogP contribution in [0.3, 0.4) is 0 Å². The summed E-state index contributed by atoms with van der Waals surface area (Å²) < 4.78 is 31.7. The van der Waals surface area contributed by atoms with Crippen molar-refractivity contribution in [2.75, 3.05) is 57.3 Å². The number of aryl methyl sites for hydroxylation is 1. The summed E-state index contributed by atoms with van der Waals surface area (Å²) in [6, 6.07) is 15.7. The van der Waals surface area contributed by atoms with E-state index in [4.69, 9.17) is 21.5 Å². The van der Waals surface area contributed by atoms with Crippen LogP contribution in [-0.4, -0.2) is 107 Å². The van der Waals surface area contributed by atoms with E-state index in [2.05, 4.69) is 9.88 Å². The molecule has 14 heteroatoms. The van der Waals surface area contributed by atoms with E-state index in [1.807, 2.05) is 70.2 Å². The van der Waals surface area contributed by atoms with E-state index < -0.39 is 12.1 Å². The van der Waals surface area contributed by atoms with Crippen molar-refractivity contribution in [2.24, 2.45) is 17.8 Å². The first kappa shape index (κ1) is 37.0. The van der Waals surface area contributed by atoms with E-state index in [1.165, 1.54) is 0 Å². The number of carbonyl (C=O) groups is 4. The molecule has 3 aliphatic rings. The average molecular weight is 716 g/mol. The molecule has 1 aromatic heterocycles. The van der Waals surface area contributed by atoms with Crippen LogP contribution in [0, 0.1) is 24.7 Å². The third-order valence-corrected chi connectivity index (χ3v) is 10.3. The number of aliphatic carboxylic acids is 1. The summed E-state index contributed by atoms with van der Waals surface area (Å²) in [5.41, 5.74) is 2.37. The number of likely N-dealkylation sites (tertiary alicyclic amines) is 3. The van der Waals surface area contributed by atoms with Gasteiger partial charge in [0, 0.05) is 80.9 Å². The highest BCUT2D eigenvalue weighted by Crippen LogP contribution is 2.33. The van der Waals surface area contributed by atoms with Crippen LogP contribution in [0.1, 0.15) is 42.2 Å². The molecule has 268 valence electrons. The van der Waals surface area contributed by atoms with E-state index >= 15 is 0 Å². The summed E-state index contributed by atoms with van der Waals surface area (Å²) in [6.45, 7) is 9.78. The topological polar surface area (TPSA) is 114 Å². The Kier molecular flexibility index (Phi) is 11.7. The maximum Gasteiger partial charge on any atom is 0.490 e. The number of fused-ring (bicyclic) bond motifs is 2. The number of benzene rings is 2. The number of carboxylic acids is 1. The van der Waals surface area contributed by atoms with Gasteiger partial charge < -0.3 is 24.7 Å². The van der Waals surface area contributed by atoms with Crippen LogP contribution in [0.25, 0.3) is 10.8 Å². The maximum atomic E-state index is 13.8. The molecule has 0 aliphatic carbocycles. The molecular weight excluding hydrogens is 675 g/mol. The SMILES string of the molecule is CC(=O)N1CCC(C(=O)N(CCCN2CC3CN(C(=O)c4nccc5ccccc45)CC3C2)c2ccc(C)c(Cl)c2)CC1.O=C(O)C(F)(F)F. The number of anilines is 1. The second-order valence-electron chi connectivity index (χ2n) is 13.2. The van der Waals surface area contributed by atoms with Crippen LogP contribution in [0.15, 0.2) is 54.7 Å². The largest absolute Gasteiger partial charge is 0.490 e. The van der Waals surface area contributed by atoms with Gasteiger partial charge in [-0.25, -0.2) is 4.79 Å². The van der Waals surface area contributed by atoms with E-state index in [1.54, 1.807) is 13.1 Å². The fourth-order valence-corrected chi connectivity index (χ4v) is 7.28. The molecule has 3 amide bonds. The minimum Gasteiger partial charge on any atom is -0.475 e. The van der Waals surface area contributed by atoms with Crippen LogP contribution in [-0.2, 0) is 14.4 Å². The zero-order chi connectivity index (χ0) is 36.2. The van der Waals surface area contributed by atoms with Gasteiger partial charge in [0.1, 0.15) is 5.69 Å². The van der Waals surface area contributed by atoms with Crippen LogP contribution < -0.4 is 4.90 Å². The number of amides is 3. The quantitative estimate of drug-likeness (QED) is 0.343. The van der Waals surface area contributed by atoms with Crippen molar-refractivity contribution >= 4 is 51.8 Å². The van der Waals surface area contributed by atoms with Crippen molar-refractivity contribution in [2.45, 2.75) is 39.3 Å². The smallest absolute Gasteiger partial charge is 0.475 e. The second kappa shape index (κ2) is 15.8. The molecule has 0 spiro atoms. The third-order valence-electron chi connectivity index (χ3n) is 9.85. The van der Waals surface area contributed by atoms with Gasteiger partial charge in [0.2, 0.25) is 11.8 Å². The Bertz CT molecular complexity index is 1710. The number of rotatable bonds is 7. The number of halogens is 4. The number of carbonyl (C=O) groups excluding carboxylic acids is 3. The molecule has 2 aromatic carbocycles. The van der Waals surface area contributed by atoms with Crippen LogP contribution >= 0.6 is 11.6 Å². The fourth-order valence-electron chi connectivity index (χ4n) is 7.11. The Morgan fingerprint density at radius 2 is 1.60 bits per heavy atom. The lowest BCUT2D eigenvalue weighted by Crippen LogP contribution is -2.44. The minimum absolute atomic E-state index is 0.0257. The highest BCUT2D eigenvalue weighted by atomic mass is 35.5. The number of hydrogen-bond donors (Lipinski definition) is 1. The summed E-state index contributed by atoms with van der Waals surface area (Å²) in [7, 11) is 0. The molecule has 1 N–H and O–H groups in total. The summed E-state index contributed by atoms with van der Waals surface area (Å²) in [4.78, 5) is 60.6. The zero-order valence-corrected chi connectivity index (χ0v) is 28.8. The number of hydrogen-bond acceptors (Lipinski definition) is 6. The van der Waals surface area contributed by atoms with Crippen LogP contribution in [0.5, 0.6) is 0 Å². The predicted octanol–water partition coefficient (Wildman–Crippen LogP) is 5.52. The van der Waals surface area contributed by atoms with E-state index in [0.29, 0.717) is 55.0 Å². The lowest BCUT2D eigenvalue weighted by atomic mass is 9.94. The van der Waals surface area contributed by atoms with Gasteiger partial charge in [0.25, 0.3) is 5.91 Å². The van der Waals surface area contributed by atoms with Gasteiger partial charge in [-0.05, 0) is 73.7 Å². The van der Waals surface area contributed by atoms with E-state index in [9.17, 15) is 27.6 Å². The number of nitrogens with zero attached hydrogens (tertiary/aromatic N) is 5. The highest BCUT2D eigenvalue weighted by molar-refractivity contribution is 6.31. The summed E-state index contributed by atoms with van der Waals surface area (Å²) >= 11 is 6.47. The predicted molar refractivity (Wildman–Crippen MR) is 183 cm³/mol. The molecule has 2 unspecified atom stereocenters. The fraction of sp³-hybridized carbons (Fsp3) is 0.472. The molecule has 4 heterocycles. The molecule has 3 aromatic rings. The summed E-state index contributed by atoms with van der Waals surface area (Å²) in [5.74, 6) is -1.72. The number of piperidine rings is 1. The van der Waals surface area contributed by atoms with Crippen molar-refractivity contribution in [1.82, 2.24) is 19.7 Å². The minimum atomic E-state index is -5.08. The first-order chi connectivity index (χ1) is 23.7. The van der Waals surface area contributed by atoms with Gasteiger partial charge in [-0.15, -0.1) is 0 Å². The van der Waals surface area contributed by atoms with Crippen molar-refractivity contribution in [3.05, 3.63) is 71.0 Å². The summed E-state index contributed by atoms with van der Waals surface area (Å²) in [5, 5.41) is 9.73. The molecule has 6 rings (SSSR count). The first-order valence-electron chi connectivity index (χ1n) is 16.7. The van der Waals surface area contributed by atoms with Crippen LogP contribution in [0.4, 0.5) is 18.9 Å². The number of aromatic nitrogens is 1. The zero-order valence-electron chi connectivity index (χ0n) is 28.0. The molecule has 0 saturated carbocycles. The Hall–Kier alpha value is -4.23. The van der Waals surface area contributed by atoms with Gasteiger partial charge in [0.05, 0.1) is 0 Å². The summed E-state index contributed by atoms with van der Waals surface area (Å²) in [6.07, 6.45) is -1.13. The van der Waals surface area contributed by atoms with Crippen molar-refractivity contribution in [1.29, 1.82) is 0 Å². The molecule has 3 fully saturated rings. The van der Waals surface area contributed by atoms with Crippen molar-refractivity contribution in [3.63, 3.8) is 0 Å². The van der Waals surface area contributed by atoms with Gasteiger partial charge in [-0.2, -0.15) is 13.2 Å². The van der Waals surface area contributed by atoms with E-state index in [0.717, 1.165) is 61.2 Å². The van der Waals surface area contributed by atoms with E-state index in [-0.39, 0.29) is 23.6 Å². The number of alkyl halides is 3. The van der Waals surface area contributed by atoms with Gasteiger partial charge in [-0.3, -0.25) is 19.4 Å². The lowest BCUT2D eigenvalue weighted by Gasteiger charge is -2.34.